The van der Waals surface area contributed by atoms with Gasteiger partial charge in [-0.1, -0.05) is 25.7 Å². The van der Waals surface area contributed by atoms with Crippen LogP contribution in [0.1, 0.15) is 70.8 Å². The van der Waals surface area contributed by atoms with Crippen molar-refractivity contribution in [2.75, 3.05) is 18.0 Å². The minimum absolute atomic E-state index is 0.00308. The third-order valence-electron chi connectivity index (χ3n) is 7.20. The lowest BCUT2D eigenvalue weighted by atomic mass is 9.97. The fourth-order valence-corrected chi connectivity index (χ4v) is 7.09. The summed E-state index contributed by atoms with van der Waals surface area (Å²) in [5, 5.41) is 3.20. The second-order valence-electron chi connectivity index (χ2n) is 9.63. The van der Waals surface area contributed by atoms with Gasteiger partial charge in [0.15, 0.2) is 0 Å². The Kier molecular flexibility index (Phi) is 6.91. The van der Waals surface area contributed by atoms with Crippen molar-refractivity contribution in [2.45, 2.75) is 88.6 Å². The Morgan fingerprint density at radius 2 is 1.75 bits per heavy atom. The summed E-state index contributed by atoms with van der Waals surface area (Å²) in [7, 11) is -3.69. The molecule has 1 aliphatic carbocycles. The maximum absolute atomic E-state index is 13.4. The van der Waals surface area contributed by atoms with E-state index in [-0.39, 0.29) is 41.3 Å². The third kappa shape index (κ3) is 4.71. The van der Waals surface area contributed by atoms with Gasteiger partial charge in [0.2, 0.25) is 21.8 Å². The fraction of sp³-hybridized carbons (Fsp3) is 0.667. The van der Waals surface area contributed by atoms with Gasteiger partial charge in [0.25, 0.3) is 0 Å². The Bertz CT molecular complexity index is 969. The summed E-state index contributed by atoms with van der Waals surface area (Å²) in [4.78, 5) is 26.9. The normalized spacial score (nSPS) is 25.2. The molecule has 0 bridgehead atoms. The first-order valence-electron chi connectivity index (χ1n) is 12.0. The number of hydrogen-bond acceptors (Lipinski definition) is 4. The Balaban J connectivity index is 1.46. The summed E-state index contributed by atoms with van der Waals surface area (Å²) in [5.41, 5.74) is 1.68. The van der Waals surface area contributed by atoms with Crippen LogP contribution in [0.25, 0.3) is 0 Å². The molecular formula is C24H35N3O4S. The number of rotatable bonds is 4. The van der Waals surface area contributed by atoms with Crippen LogP contribution in [0.4, 0.5) is 5.69 Å². The van der Waals surface area contributed by atoms with Gasteiger partial charge in [0.05, 0.1) is 10.8 Å². The first kappa shape index (κ1) is 23.2. The first-order valence-corrected chi connectivity index (χ1v) is 13.4. The van der Waals surface area contributed by atoms with Gasteiger partial charge in [-0.2, -0.15) is 4.31 Å². The molecule has 1 aromatic carbocycles. The summed E-state index contributed by atoms with van der Waals surface area (Å²) >= 11 is 0. The number of nitrogens with zero attached hydrogens (tertiary/aromatic N) is 2. The minimum Gasteiger partial charge on any atom is -0.353 e. The number of piperidine rings is 1. The van der Waals surface area contributed by atoms with Crippen molar-refractivity contribution >= 4 is 27.5 Å². The molecule has 4 rings (SSSR count). The van der Waals surface area contributed by atoms with Gasteiger partial charge < -0.3 is 10.2 Å². The van der Waals surface area contributed by atoms with E-state index >= 15 is 0 Å². The second kappa shape index (κ2) is 9.51. The van der Waals surface area contributed by atoms with Crippen molar-refractivity contribution in [3.8, 4) is 0 Å². The van der Waals surface area contributed by atoms with E-state index < -0.39 is 10.0 Å². The number of sulfonamides is 1. The molecule has 0 unspecified atom stereocenters. The van der Waals surface area contributed by atoms with Crippen LogP contribution < -0.4 is 10.2 Å². The average molecular weight is 462 g/mol. The van der Waals surface area contributed by atoms with Crippen LogP contribution in [0.2, 0.25) is 0 Å². The van der Waals surface area contributed by atoms with Crippen LogP contribution in [0.3, 0.4) is 0 Å². The predicted molar refractivity (Wildman–Crippen MR) is 124 cm³/mol. The standard InChI is InChI=1S/C24H35N3O4S/c1-17-14-20-15-22(11-12-23(20)27(17)18(2)28)32(30,31)26-13-7-8-19(16-26)24(29)25-21-9-5-3-4-6-10-21/h11-12,15,17,19,21H,3-10,13-14,16H2,1-2H3,(H,25,29)/t17-,19-/m0/s1. The van der Waals surface area contributed by atoms with Crippen LogP contribution in [-0.2, 0) is 26.0 Å². The van der Waals surface area contributed by atoms with Gasteiger partial charge in [-0.15, -0.1) is 0 Å². The molecule has 32 heavy (non-hydrogen) atoms. The van der Waals surface area contributed by atoms with E-state index in [0.717, 1.165) is 43.4 Å². The summed E-state index contributed by atoms with van der Waals surface area (Å²) in [6, 6.07) is 5.29. The Hall–Kier alpha value is -1.93. The highest BCUT2D eigenvalue weighted by Crippen LogP contribution is 2.35. The number of carbonyl (C=O) groups is 2. The minimum atomic E-state index is -3.69. The number of hydrogen-bond donors (Lipinski definition) is 1. The van der Waals surface area contributed by atoms with E-state index in [1.54, 1.807) is 23.1 Å². The highest BCUT2D eigenvalue weighted by molar-refractivity contribution is 7.89. The monoisotopic (exact) mass is 461 g/mol. The maximum Gasteiger partial charge on any atom is 0.243 e. The third-order valence-corrected chi connectivity index (χ3v) is 9.06. The molecule has 1 aromatic rings. The predicted octanol–water partition coefficient (Wildman–Crippen LogP) is 3.22. The van der Waals surface area contributed by atoms with Crippen molar-refractivity contribution in [3.05, 3.63) is 23.8 Å². The Morgan fingerprint density at radius 3 is 2.44 bits per heavy atom. The van der Waals surface area contributed by atoms with E-state index in [1.807, 2.05) is 6.92 Å². The Morgan fingerprint density at radius 1 is 1.03 bits per heavy atom. The number of anilines is 1. The molecule has 0 aromatic heterocycles. The maximum atomic E-state index is 13.4. The van der Waals surface area contributed by atoms with Gasteiger partial charge in [0, 0.05) is 37.8 Å². The topological polar surface area (TPSA) is 86.8 Å². The molecule has 8 heteroatoms. The molecule has 2 aliphatic heterocycles. The van der Waals surface area contributed by atoms with Gasteiger partial charge >= 0.3 is 0 Å². The SMILES string of the molecule is CC(=O)N1c2ccc(S(=O)(=O)N3CCC[C@H](C(=O)NC4CCCCCC4)C3)cc2C[C@@H]1C. The molecule has 0 spiro atoms. The first-order chi connectivity index (χ1) is 15.3. The number of nitrogens with one attached hydrogen (secondary N) is 1. The molecule has 1 saturated carbocycles. The molecule has 1 saturated heterocycles. The van der Waals surface area contributed by atoms with Crippen LogP contribution >= 0.6 is 0 Å². The lowest BCUT2D eigenvalue weighted by Gasteiger charge is -2.32. The number of amides is 2. The zero-order valence-electron chi connectivity index (χ0n) is 19.2. The van der Waals surface area contributed by atoms with E-state index in [2.05, 4.69) is 5.32 Å². The van der Waals surface area contributed by atoms with Crippen molar-refractivity contribution in [2.24, 2.45) is 5.92 Å². The highest BCUT2D eigenvalue weighted by atomic mass is 32.2. The summed E-state index contributed by atoms with van der Waals surface area (Å²) in [5.74, 6) is -0.341. The van der Waals surface area contributed by atoms with Gasteiger partial charge in [-0.25, -0.2) is 8.42 Å². The van der Waals surface area contributed by atoms with Crippen LogP contribution in [0, 0.1) is 5.92 Å². The molecule has 2 atom stereocenters. The molecule has 0 radical (unpaired) electrons. The molecule has 3 aliphatic rings. The van der Waals surface area contributed by atoms with Crippen LogP contribution in [0.15, 0.2) is 23.1 Å². The van der Waals surface area contributed by atoms with Gasteiger partial charge in [-0.3, -0.25) is 9.59 Å². The smallest absolute Gasteiger partial charge is 0.243 e. The lowest BCUT2D eigenvalue weighted by Crippen LogP contribution is -2.47. The molecule has 1 N–H and O–H groups in total. The van der Waals surface area contributed by atoms with E-state index in [9.17, 15) is 18.0 Å². The van der Waals surface area contributed by atoms with E-state index in [4.69, 9.17) is 0 Å². The molecular weight excluding hydrogens is 426 g/mol. The van der Waals surface area contributed by atoms with E-state index in [1.165, 1.54) is 24.1 Å². The highest BCUT2D eigenvalue weighted by Gasteiger charge is 2.36. The number of benzene rings is 1. The lowest BCUT2D eigenvalue weighted by molar-refractivity contribution is -0.127. The van der Waals surface area contributed by atoms with Crippen molar-refractivity contribution in [1.82, 2.24) is 9.62 Å². The zero-order chi connectivity index (χ0) is 22.9. The van der Waals surface area contributed by atoms with Crippen LogP contribution in [-0.4, -0.2) is 49.7 Å². The average Bonchev–Trinajstić information content (AvgIpc) is 2.91. The second-order valence-corrected chi connectivity index (χ2v) is 11.6. The van der Waals surface area contributed by atoms with E-state index in [0.29, 0.717) is 19.4 Å². The van der Waals surface area contributed by atoms with Gasteiger partial charge in [-0.05, 0) is 62.8 Å². The molecule has 176 valence electrons. The molecule has 7 nitrogen and oxygen atoms in total. The van der Waals surface area contributed by atoms with Crippen molar-refractivity contribution < 1.29 is 18.0 Å². The number of carbonyl (C=O) groups excluding carboxylic acids is 2. The fourth-order valence-electron chi connectivity index (χ4n) is 5.51. The van der Waals surface area contributed by atoms with Crippen LogP contribution in [0.5, 0.6) is 0 Å². The molecule has 2 amide bonds. The van der Waals surface area contributed by atoms with Gasteiger partial charge in [0.1, 0.15) is 0 Å². The van der Waals surface area contributed by atoms with Crippen molar-refractivity contribution in [1.29, 1.82) is 0 Å². The molecule has 2 fully saturated rings. The largest absolute Gasteiger partial charge is 0.353 e. The summed E-state index contributed by atoms with van der Waals surface area (Å²) < 4.78 is 28.3. The summed E-state index contributed by atoms with van der Waals surface area (Å²) in [6.45, 7) is 4.17. The zero-order valence-corrected chi connectivity index (χ0v) is 20.0. The number of fused-ring (bicyclic) bond motifs is 1. The van der Waals surface area contributed by atoms with Crippen molar-refractivity contribution in [3.63, 3.8) is 0 Å². The Labute approximate surface area is 191 Å². The summed E-state index contributed by atoms with van der Waals surface area (Å²) in [6.07, 6.45) is 8.84. The molecule has 2 heterocycles. The quantitative estimate of drug-likeness (QED) is 0.698.